The van der Waals surface area contributed by atoms with Crippen LogP contribution < -0.4 is 11.1 Å². The summed E-state index contributed by atoms with van der Waals surface area (Å²) in [7, 11) is 0. The highest BCUT2D eigenvalue weighted by Crippen LogP contribution is 2.20. The molecule has 2 rings (SSSR count). The third kappa shape index (κ3) is 4.63. The Kier molecular flexibility index (Phi) is 5.81. The van der Waals surface area contributed by atoms with Gasteiger partial charge in [-0.3, -0.25) is 19.7 Å². The Morgan fingerprint density at radius 2 is 1.85 bits per heavy atom. The second kappa shape index (κ2) is 8.04. The van der Waals surface area contributed by atoms with Crippen LogP contribution in [0.3, 0.4) is 0 Å². The molecule has 0 aliphatic heterocycles. The van der Waals surface area contributed by atoms with E-state index in [9.17, 15) is 28.9 Å². The Hall–Kier alpha value is -3.82. The normalized spacial score (nSPS) is 10.1. The van der Waals surface area contributed by atoms with Crippen LogP contribution in [0.2, 0.25) is 0 Å². The molecule has 10 heteroatoms. The fourth-order valence-electron chi connectivity index (χ4n) is 2.18. The van der Waals surface area contributed by atoms with Crippen molar-refractivity contribution in [3.8, 4) is 0 Å². The van der Waals surface area contributed by atoms with Crippen LogP contribution >= 0.6 is 0 Å². The lowest BCUT2D eigenvalue weighted by molar-refractivity contribution is -0.384. The van der Waals surface area contributed by atoms with E-state index in [1.807, 2.05) is 0 Å². The molecule has 2 aromatic carbocycles. The maximum Gasteiger partial charge on any atom is 0.338 e. The molecule has 0 fully saturated rings. The molecule has 0 radical (unpaired) electrons. The fraction of sp³-hybridized carbons (Fsp3) is 0.118. The van der Waals surface area contributed by atoms with E-state index in [1.165, 1.54) is 6.07 Å². The third-order valence-corrected chi connectivity index (χ3v) is 3.39. The lowest BCUT2D eigenvalue weighted by atomic mass is 10.1. The predicted octanol–water partition coefficient (Wildman–Crippen LogP) is 2.26. The molecule has 3 N–H and O–H groups in total. The van der Waals surface area contributed by atoms with Gasteiger partial charge in [0.1, 0.15) is 5.82 Å². The second-order valence-corrected chi connectivity index (χ2v) is 5.26. The van der Waals surface area contributed by atoms with Crippen LogP contribution in [0.25, 0.3) is 0 Å². The summed E-state index contributed by atoms with van der Waals surface area (Å²) < 4.78 is 18.3. The molecular formula is C17H14FN3O6. The number of esters is 1. The van der Waals surface area contributed by atoms with Crippen molar-refractivity contribution in [3.05, 3.63) is 69.0 Å². The largest absolute Gasteiger partial charge is 0.462 e. The minimum atomic E-state index is -1.02. The predicted molar refractivity (Wildman–Crippen MR) is 91.9 cm³/mol. The molecular weight excluding hydrogens is 361 g/mol. The standard InChI is InChI=1S/C17H14FN3O6/c1-2-27-17(24)10-5-9(6-12(7-10)21(25)26)16(23)20-11-3-4-14(18)13(8-11)15(19)22/h3-8H,2H2,1H3,(H2,19,22)(H,20,23). The summed E-state index contributed by atoms with van der Waals surface area (Å²) in [6.45, 7) is 1.61. The number of primary amides is 1. The molecule has 0 saturated heterocycles. The van der Waals surface area contributed by atoms with Gasteiger partial charge in [-0.2, -0.15) is 0 Å². The van der Waals surface area contributed by atoms with Crippen LogP contribution in [-0.2, 0) is 4.74 Å². The van der Waals surface area contributed by atoms with Crippen molar-refractivity contribution >= 4 is 29.2 Å². The van der Waals surface area contributed by atoms with Gasteiger partial charge < -0.3 is 15.8 Å². The van der Waals surface area contributed by atoms with E-state index in [2.05, 4.69) is 5.32 Å². The molecule has 0 atom stereocenters. The van der Waals surface area contributed by atoms with Gasteiger partial charge >= 0.3 is 5.97 Å². The van der Waals surface area contributed by atoms with Crippen LogP contribution in [0.1, 0.15) is 38.0 Å². The number of non-ortho nitro benzene ring substituents is 1. The first kappa shape index (κ1) is 19.5. The van der Waals surface area contributed by atoms with Gasteiger partial charge in [-0.05, 0) is 31.2 Å². The maximum atomic E-state index is 13.5. The van der Waals surface area contributed by atoms with Gasteiger partial charge in [-0.25, -0.2) is 9.18 Å². The van der Waals surface area contributed by atoms with Gasteiger partial charge in [-0.15, -0.1) is 0 Å². The fourth-order valence-corrected chi connectivity index (χ4v) is 2.18. The molecule has 0 spiro atoms. The molecule has 2 aromatic rings. The summed E-state index contributed by atoms with van der Waals surface area (Å²) in [6.07, 6.45) is 0. The lowest BCUT2D eigenvalue weighted by Gasteiger charge is -2.09. The average Bonchev–Trinajstić information content (AvgIpc) is 2.62. The number of nitrogens with two attached hydrogens (primary N) is 1. The molecule has 0 aliphatic rings. The zero-order valence-electron chi connectivity index (χ0n) is 14.0. The monoisotopic (exact) mass is 375 g/mol. The van der Waals surface area contributed by atoms with Gasteiger partial charge in [0.2, 0.25) is 0 Å². The van der Waals surface area contributed by atoms with Gasteiger partial charge in [0, 0.05) is 23.4 Å². The molecule has 9 nitrogen and oxygen atoms in total. The number of nitro groups is 1. The van der Waals surface area contributed by atoms with Gasteiger partial charge in [0.05, 0.1) is 22.7 Å². The highest BCUT2D eigenvalue weighted by atomic mass is 19.1. The molecule has 0 saturated carbocycles. The number of carbonyl (C=O) groups excluding carboxylic acids is 3. The highest BCUT2D eigenvalue weighted by molar-refractivity contribution is 6.07. The molecule has 0 aromatic heterocycles. The average molecular weight is 375 g/mol. The Morgan fingerprint density at radius 3 is 2.44 bits per heavy atom. The molecule has 0 heterocycles. The van der Waals surface area contributed by atoms with Crippen molar-refractivity contribution < 1.29 is 28.4 Å². The number of halogens is 1. The summed E-state index contributed by atoms with van der Waals surface area (Å²) in [4.78, 5) is 45.7. The van der Waals surface area contributed by atoms with Crippen LogP contribution in [-0.4, -0.2) is 29.3 Å². The SMILES string of the molecule is CCOC(=O)c1cc(C(=O)Nc2ccc(F)c(C(N)=O)c2)cc([N+](=O)[O-])c1. The van der Waals surface area contributed by atoms with E-state index in [4.69, 9.17) is 10.5 Å². The summed E-state index contributed by atoms with van der Waals surface area (Å²) in [6, 6.07) is 6.23. The Morgan fingerprint density at radius 1 is 1.19 bits per heavy atom. The van der Waals surface area contributed by atoms with Gasteiger partial charge in [-0.1, -0.05) is 0 Å². The maximum absolute atomic E-state index is 13.5. The molecule has 2 amide bonds. The quantitative estimate of drug-likeness (QED) is 0.450. The number of ether oxygens (including phenoxy) is 1. The number of carbonyl (C=O) groups is 3. The summed E-state index contributed by atoms with van der Waals surface area (Å²) >= 11 is 0. The van der Waals surface area contributed by atoms with E-state index < -0.39 is 39.8 Å². The van der Waals surface area contributed by atoms with Crippen molar-refractivity contribution in [2.75, 3.05) is 11.9 Å². The van der Waals surface area contributed by atoms with Crippen molar-refractivity contribution in [1.82, 2.24) is 0 Å². The first-order valence-electron chi connectivity index (χ1n) is 7.60. The molecule has 0 aliphatic carbocycles. The number of rotatable bonds is 6. The minimum Gasteiger partial charge on any atom is -0.462 e. The van der Waals surface area contributed by atoms with Crippen LogP contribution in [0.15, 0.2) is 36.4 Å². The van der Waals surface area contributed by atoms with E-state index in [1.54, 1.807) is 6.92 Å². The number of hydrogen-bond acceptors (Lipinski definition) is 6. The zero-order chi connectivity index (χ0) is 20.1. The Labute approximate surface area is 152 Å². The Bertz CT molecular complexity index is 944. The highest BCUT2D eigenvalue weighted by Gasteiger charge is 2.19. The molecule has 0 bridgehead atoms. The van der Waals surface area contributed by atoms with Crippen LogP contribution in [0, 0.1) is 15.9 Å². The molecule has 27 heavy (non-hydrogen) atoms. The van der Waals surface area contributed by atoms with Crippen molar-refractivity contribution in [1.29, 1.82) is 0 Å². The number of benzene rings is 2. The van der Waals surface area contributed by atoms with Crippen LogP contribution in [0.4, 0.5) is 15.8 Å². The number of amides is 2. The number of anilines is 1. The minimum absolute atomic E-state index is 0.0411. The second-order valence-electron chi connectivity index (χ2n) is 5.26. The van der Waals surface area contributed by atoms with Crippen LogP contribution in [0.5, 0.6) is 0 Å². The van der Waals surface area contributed by atoms with E-state index in [0.29, 0.717) is 0 Å². The van der Waals surface area contributed by atoms with Crippen molar-refractivity contribution in [2.24, 2.45) is 5.73 Å². The molecule has 0 unspecified atom stereocenters. The summed E-state index contributed by atoms with van der Waals surface area (Å²) in [5.41, 5.74) is 3.80. The van der Waals surface area contributed by atoms with Gasteiger partial charge in [0.15, 0.2) is 0 Å². The number of nitrogens with zero attached hydrogens (tertiary/aromatic N) is 1. The summed E-state index contributed by atoms with van der Waals surface area (Å²) in [5.74, 6) is -3.52. The number of nitro benzene ring substituents is 1. The summed E-state index contributed by atoms with van der Waals surface area (Å²) in [5, 5.41) is 13.4. The third-order valence-electron chi connectivity index (χ3n) is 3.39. The zero-order valence-corrected chi connectivity index (χ0v) is 14.0. The number of nitrogens with one attached hydrogen (secondary N) is 1. The van der Waals surface area contributed by atoms with E-state index >= 15 is 0 Å². The lowest BCUT2D eigenvalue weighted by Crippen LogP contribution is -2.16. The topological polar surface area (TPSA) is 142 Å². The van der Waals surface area contributed by atoms with Crippen molar-refractivity contribution in [2.45, 2.75) is 6.92 Å². The van der Waals surface area contributed by atoms with E-state index in [-0.39, 0.29) is 23.4 Å². The first-order chi connectivity index (χ1) is 12.7. The smallest absolute Gasteiger partial charge is 0.338 e. The molecule has 140 valence electrons. The first-order valence-corrected chi connectivity index (χ1v) is 7.60. The Balaban J connectivity index is 2.38. The van der Waals surface area contributed by atoms with Crippen molar-refractivity contribution in [3.63, 3.8) is 0 Å². The van der Waals surface area contributed by atoms with E-state index in [0.717, 1.165) is 30.3 Å². The number of hydrogen-bond donors (Lipinski definition) is 2. The van der Waals surface area contributed by atoms with Gasteiger partial charge in [0.25, 0.3) is 17.5 Å².